The summed E-state index contributed by atoms with van der Waals surface area (Å²) in [5.74, 6) is 0.971. The van der Waals surface area contributed by atoms with Gasteiger partial charge in [0.15, 0.2) is 0 Å². The maximum Gasteiger partial charge on any atom is 0.0700 e. The largest absolute Gasteiger partial charge is 0.376 e. The van der Waals surface area contributed by atoms with E-state index in [1.54, 1.807) is 0 Å². The van der Waals surface area contributed by atoms with Crippen LogP contribution in [-0.2, 0) is 4.74 Å². The maximum atomic E-state index is 5.75. The molecule has 1 spiro atoms. The van der Waals surface area contributed by atoms with Crippen molar-refractivity contribution in [3.63, 3.8) is 0 Å². The number of ether oxygens (including phenoxy) is 1. The smallest absolute Gasteiger partial charge is 0.0700 e. The van der Waals surface area contributed by atoms with Crippen molar-refractivity contribution in [1.82, 2.24) is 10.2 Å². The minimum atomic E-state index is 0.492. The van der Waals surface area contributed by atoms with Gasteiger partial charge in [-0.1, -0.05) is 6.92 Å². The summed E-state index contributed by atoms with van der Waals surface area (Å²) < 4.78 is 5.75. The van der Waals surface area contributed by atoms with E-state index in [0.717, 1.165) is 30.9 Å². The van der Waals surface area contributed by atoms with Gasteiger partial charge < -0.3 is 10.1 Å². The predicted octanol–water partition coefficient (Wildman–Crippen LogP) is 1.88. The standard InChI is InChI=1S/C15H28N2O/c1-2-14-12-17(7-8-18-14)11-13-9-15(10-13)3-5-16-6-4-15/h13-14,16H,2-12H2,1H3. The zero-order valence-electron chi connectivity index (χ0n) is 11.8. The fourth-order valence-corrected chi connectivity index (χ4v) is 4.22. The van der Waals surface area contributed by atoms with Gasteiger partial charge in [0.2, 0.25) is 0 Å². The normalized spacial score (nSPS) is 33.5. The number of piperidine rings is 1. The summed E-state index contributed by atoms with van der Waals surface area (Å²) in [5, 5.41) is 3.49. The Labute approximate surface area is 111 Å². The summed E-state index contributed by atoms with van der Waals surface area (Å²) >= 11 is 0. The summed E-state index contributed by atoms with van der Waals surface area (Å²) in [6.07, 6.45) is 7.48. The molecule has 2 aliphatic heterocycles. The average molecular weight is 252 g/mol. The second-order valence-corrected chi connectivity index (χ2v) is 6.68. The Morgan fingerprint density at radius 1 is 1.28 bits per heavy atom. The maximum absolute atomic E-state index is 5.75. The van der Waals surface area contributed by atoms with Gasteiger partial charge in [-0.25, -0.2) is 0 Å². The molecule has 0 amide bonds. The molecule has 0 radical (unpaired) electrons. The second-order valence-electron chi connectivity index (χ2n) is 6.68. The van der Waals surface area contributed by atoms with Crippen molar-refractivity contribution in [2.24, 2.45) is 11.3 Å². The van der Waals surface area contributed by atoms with E-state index >= 15 is 0 Å². The van der Waals surface area contributed by atoms with Gasteiger partial charge >= 0.3 is 0 Å². The third kappa shape index (κ3) is 2.73. The van der Waals surface area contributed by atoms with E-state index in [1.807, 2.05) is 0 Å². The molecule has 0 aromatic carbocycles. The van der Waals surface area contributed by atoms with E-state index in [2.05, 4.69) is 17.1 Å². The van der Waals surface area contributed by atoms with Crippen LogP contribution in [0.5, 0.6) is 0 Å². The molecule has 3 nitrogen and oxygen atoms in total. The van der Waals surface area contributed by atoms with Crippen molar-refractivity contribution in [3.05, 3.63) is 0 Å². The van der Waals surface area contributed by atoms with Crippen LogP contribution in [0.25, 0.3) is 0 Å². The van der Waals surface area contributed by atoms with Crippen LogP contribution in [0.1, 0.15) is 39.0 Å². The lowest BCUT2D eigenvalue weighted by Crippen LogP contribution is -2.51. The van der Waals surface area contributed by atoms with Gasteiger partial charge in [0.1, 0.15) is 0 Å². The Balaban J connectivity index is 1.42. The fraction of sp³-hybridized carbons (Fsp3) is 1.00. The molecule has 1 unspecified atom stereocenters. The van der Waals surface area contributed by atoms with Crippen LogP contribution in [0.3, 0.4) is 0 Å². The molecule has 1 aliphatic carbocycles. The molecule has 0 aromatic heterocycles. The van der Waals surface area contributed by atoms with Gasteiger partial charge in [-0.15, -0.1) is 0 Å². The van der Waals surface area contributed by atoms with E-state index in [9.17, 15) is 0 Å². The molecule has 2 heterocycles. The predicted molar refractivity (Wildman–Crippen MR) is 73.7 cm³/mol. The summed E-state index contributed by atoms with van der Waals surface area (Å²) in [5.41, 5.74) is 0.742. The topological polar surface area (TPSA) is 24.5 Å². The molecule has 18 heavy (non-hydrogen) atoms. The van der Waals surface area contributed by atoms with Crippen LogP contribution < -0.4 is 5.32 Å². The summed E-state index contributed by atoms with van der Waals surface area (Å²) in [4.78, 5) is 2.65. The number of nitrogens with one attached hydrogen (secondary N) is 1. The van der Waals surface area contributed by atoms with Gasteiger partial charge in [0, 0.05) is 19.6 Å². The third-order valence-corrected chi connectivity index (χ3v) is 5.30. The van der Waals surface area contributed by atoms with Gasteiger partial charge in [0.25, 0.3) is 0 Å². The van der Waals surface area contributed by atoms with Crippen molar-refractivity contribution in [1.29, 1.82) is 0 Å². The highest BCUT2D eigenvalue weighted by atomic mass is 16.5. The number of hydrogen-bond acceptors (Lipinski definition) is 3. The highest BCUT2D eigenvalue weighted by Gasteiger charge is 2.44. The van der Waals surface area contributed by atoms with E-state index < -0.39 is 0 Å². The first kappa shape index (κ1) is 12.9. The lowest BCUT2D eigenvalue weighted by atomic mass is 9.57. The minimum Gasteiger partial charge on any atom is -0.376 e. The van der Waals surface area contributed by atoms with Crippen LogP contribution in [0.4, 0.5) is 0 Å². The second kappa shape index (κ2) is 5.48. The van der Waals surface area contributed by atoms with Crippen LogP contribution in [0.2, 0.25) is 0 Å². The number of hydrogen-bond donors (Lipinski definition) is 1. The molecular weight excluding hydrogens is 224 g/mol. The van der Waals surface area contributed by atoms with Gasteiger partial charge in [0.05, 0.1) is 12.7 Å². The number of morpholine rings is 1. The zero-order valence-corrected chi connectivity index (χ0v) is 11.8. The monoisotopic (exact) mass is 252 g/mol. The van der Waals surface area contributed by atoms with E-state index in [-0.39, 0.29) is 0 Å². The van der Waals surface area contributed by atoms with Crippen molar-refractivity contribution in [2.45, 2.75) is 45.1 Å². The van der Waals surface area contributed by atoms with Crippen molar-refractivity contribution < 1.29 is 4.74 Å². The summed E-state index contributed by atoms with van der Waals surface area (Å²) in [7, 11) is 0. The molecule has 1 saturated carbocycles. The number of nitrogens with zero attached hydrogens (tertiary/aromatic N) is 1. The lowest BCUT2D eigenvalue weighted by molar-refractivity contribution is -0.0557. The van der Waals surface area contributed by atoms with E-state index in [1.165, 1.54) is 51.9 Å². The van der Waals surface area contributed by atoms with E-state index in [0.29, 0.717) is 6.10 Å². The van der Waals surface area contributed by atoms with Crippen LogP contribution in [0, 0.1) is 11.3 Å². The Morgan fingerprint density at radius 3 is 2.78 bits per heavy atom. The Kier molecular flexibility index (Phi) is 3.92. The molecule has 0 bridgehead atoms. The van der Waals surface area contributed by atoms with E-state index in [4.69, 9.17) is 4.74 Å². The Hall–Kier alpha value is -0.120. The van der Waals surface area contributed by atoms with Crippen molar-refractivity contribution in [2.75, 3.05) is 39.3 Å². The molecule has 3 rings (SSSR count). The molecule has 104 valence electrons. The molecule has 1 N–H and O–H groups in total. The molecule has 1 atom stereocenters. The Bertz CT molecular complexity index is 268. The van der Waals surface area contributed by atoms with Gasteiger partial charge in [-0.2, -0.15) is 0 Å². The van der Waals surface area contributed by atoms with Gasteiger partial charge in [-0.05, 0) is 56.5 Å². The zero-order chi connectivity index (χ0) is 12.4. The molecule has 2 saturated heterocycles. The third-order valence-electron chi connectivity index (χ3n) is 5.30. The van der Waals surface area contributed by atoms with Crippen LogP contribution >= 0.6 is 0 Å². The first-order valence-corrected chi connectivity index (χ1v) is 7.84. The van der Waals surface area contributed by atoms with Crippen LogP contribution in [0.15, 0.2) is 0 Å². The lowest BCUT2D eigenvalue weighted by Gasteiger charge is -2.52. The van der Waals surface area contributed by atoms with Crippen molar-refractivity contribution in [3.8, 4) is 0 Å². The summed E-state index contributed by atoms with van der Waals surface area (Å²) in [6.45, 7) is 9.34. The first-order valence-electron chi connectivity index (χ1n) is 7.84. The molecule has 3 heteroatoms. The molecule has 0 aromatic rings. The molecule has 3 aliphatic rings. The molecular formula is C15H28N2O. The molecule has 3 fully saturated rings. The SMILES string of the molecule is CCC1CN(CC2CC3(CCNCC3)C2)CCO1. The first-order chi connectivity index (χ1) is 8.80. The van der Waals surface area contributed by atoms with Gasteiger partial charge in [-0.3, -0.25) is 4.90 Å². The average Bonchev–Trinajstić information content (AvgIpc) is 2.38. The van der Waals surface area contributed by atoms with Crippen LogP contribution in [-0.4, -0.2) is 50.3 Å². The van der Waals surface area contributed by atoms with Crippen molar-refractivity contribution >= 4 is 0 Å². The highest BCUT2D eigenvalue weighted by Crippen LogP contribution is 2.51. The summed E-state index contributed by atoms with van der Waals surface area (Å²) in [6, 6.07) is 0. The minimum absolute atomic E-state index is 0.492. The highest BCUT2D eigenvalue weighted by molar-refractivity contribution is 4.97. The number of rotatable bonds is 3. The fourth-order valence-electron chi connectivity index (χ4n) is 4.22. The quantitative estimate of drug-likeness (QED) is 0.830. The Morgan fingerprint density at radius 2 is 2.06 bits per heavy atom.